The predicted octanol–water partition coefficient (Wildman–Crippen LogP) is 0.869. The standard InChI is InChI=1S/C12H12F3NO4/c1-11(20,10(18)19)6-16-9(17)12(14,15)7-2-4-8(13)5-3-7/h2-5,20H,6H2,1H3,(H,16,17)(H,18,19). The molecule has 0 bridgehead atoms. The molecule has 0 fully saturated rings. The van der Waals surface area contributed by atoms with Crippen LogP contribution in [-0.2, 0) is 15.5 Å². The molecule has 1 amide bonds. The molecule has 1 rings (SSSR count). The molecule has 0 aliphatic carbocycles. The first-order valence-corrected chi connectivity index (χ1v) is 5.45. The predicted molar refractivity (Wildman–Crippen MR) is 61.6 cm³/mol. The molecule has 8 heteroatoms. The molecule has 0 spiro atoms. The summed E-state index contributed by atoms with van der Waals surface area (Å²) in [5.74, 6) is -8.16. The van der Waals surface area contributed by atoms with Crippen LogP contribution in [-0.4, -0.2) is 34.2 Å². The molecule has 0 saturated heterocycles. The van der Waals surface area contributed by atoms with Crippen molar-refractivity contribution in [2.75, 3.05) is 6.54 Å². The minimum atomic E-state index is -3.97. The van der Waals surface area contributed by atoms with Gasteiger partial charge >= 0.3 is 11.9 Å². The van der Waals surface area contributed by atoms with Gasteiger partial charge in [-0.1, -0.05) is 0 Å². The van der Waals surface area contributed by atoms with Gasteiger partial charge in [0.1, 0.15) is 5.82 Å². The third-order valence-corrected chi connectivity index (χ3v) is 2.55. The lowest BCUT2D eigenvalue weighted by molar-refractivity contribution is -0.158. The molecule has 0 saturated carbocycles. The molecule has 1 aromatic carbocycles. The lowest BCUT2D eigenvalue weighted by Crippen LogP contribution is -2.49. The number of aliphatic carboxylic acids is 1. The molecule has 0 radical (unpaired) electrons. The van der Waals surface area contributed by atoms with E-state index < -0.39 is 41.3 Å². The maximum Gasteiger partial charge on any atom is 0.349 e. The zero-order valence-electron chi connectivity index (χ0n) is 10.4. The summed E-state index contributed by atoms with van der Waals surface area (Å²) in [7, 11) is 0. The van der Waals surface area contributed by atoms with Crippen molar-refractivity contribution in [3.05, 3.63) is 35.6 Å². The molecule has 3 N–H and O–H groups in total. The molecular weight excluding hydrogens is 279 g/mol. The van der Waals surface area contributed by atoms with Gasteiger partial charge < -0.3 is 15.5 Å². The highest BCUT2D eigenvalue weighted by molar-refractivity contribution is 5.86. The van der Waals surface area contributed by atoms with Crippen LogP contribution >= 0.6 is 0 Å². The fourth-order valence-corrected chi connectivity index (χ4v) is 1.23. The molecule has 1 atom stereocenters. The van der Waals surface area contributed by atoms with Gasteiger partial charge in [0, 0.05) is 5.56 Å². The van der Waals surface area contributed by atoms with Crippen LogP contribution in [0.15, 0.2) is 24.3 Å². The summed E-state index contributed by atoms with van der Waals surface area (Å²) >= 11 is 0. The van der Waals surface area contributed by atoms with Crippen molar-refractivity contribution in [3.8, 4) is 0 Å². The summed E-state index contributed by atoms with van der Waals surface area (Å²) in [6.07, 6.45) is 0. The highest BCUT2D eigenvalue weighted by Crippen LogP contribution is 2.28. The molecule has 20 heavy (non-hydrogen) atoms. The average Bonchev–Trinajstić information content (AvgIpc) is 2.36. The first-order valence-electron chi connectivity index (χ1n) is 5.45. The van der Waals surface area contributed by atoms with Crippen LogP contribution in [0.1, 0.15) is 12.5 Å². The Kier molecular flexibility index (Phi) is 4.39. The summed E-state index contributed by atoms with van der Waals surface area (Å²) in [5, 5.41) is 19.5. The van der Waals surface area contributed by atoms with E-state index in [0.717, 1.165) is 31.2 Å². The zero-order valence-corrected chi connectivity index (χ0v) is 10.4. The Hall–Kier alpha value is -2.09. The Morgan fingerprint density at radius 1 is 1.25 bits per heavy atom. The number of hydrogen-bond acceptors (Lipinski definition) is 3. The van der Waals surface area contributed by atoms with Crippen LogP contribution < -0.4 is 5.32 Å². The number of amides is 1. The Balaban J connectivity index is 2.80. The summed E-state index contributed by atoms with van der Waals surface area (Å²) in [6.45, 7) is -0.0381. The van der Waals surface area contributed by atoms with Crippen LogP contribution in [0.2, 0.25) is 0 Å². The van der Waals surface area contributed by atoms with Crippen LogP contribution in [0.25, 0.3) is 0 Å². The minimum Gasteiger partial charge on any atom is -0.479 e. The maximum absolute atomic E-state index is 13.7. The fourth-order valence-electron chi connectivity index (χ4n) is 1.23. The molecular formula is C12H12F3NO4. The third-order valence-electron chi connectivity index (χ3n) is 2.55. The second-order valence-electron chi connectivity index (χ2n) is 4.34. The highest BCUT2D eigenvalue weighted by atomic mass is 19.3. The minimum absolute atomic E-state index is 0.737. The Labute approximate surface area is 112 Å². The molecule has 0 heterocycles. The number of benzene rings is 1. The number of carbonyl (C=O) groups is 2. The largest absolute Gasteiger partial charge is 0.479 e. The lowest BCUT2D eigenvalue weighted by Gasteiger charge is -2.21. The third kappa shape index (κ3) is 3.47. The van der Waals surface area contributed by atoms with Crippen molar-refractivity contribution in [1.29, 1.82) is 0 Å². The van der Waals surface area contributed by atoms with Gasteiger partial charge in [0.15, 0.2) is 5.60 Å². The topological polar surface area (TPSA) is 86.6 Å². The summed E-state index contributed by atoms with van der Waals surface area (Å²) < 4.78 is 40.0. The van der Waals surface area contributed by atoms with E-state index in [-0.39, 0.29) is 0 Å². The molecule has 0 aromatic heterocycles. The van der Waals surface area contributed by atoms with E-state index >= 15 is 0 Å². The second-order valence-corrected chi connectivity index (χ2v) is 4.34. The van der Waals surface area contributed by atoms with Crippen LogP contribution in [0.4, 0.5) is 13.2 Å². The molecule has 0 aliphatic heterocycles. The van der Waals surface area contributed by atoms with Crippen molar-refractivity contribution in [3.63, 3.8) is 0 Å². The van der Waals surface area contributed by atoms with Crippen LogP contribution in [0.3, 0.4) is 0 Å². The van der Waals surface area contributed by atoms with Gasteiger partial charge in [-0.25, -0.2) is 9.18 Å². The zero-order chi connectivity index (χ0) is 15.6. The first-order chi connectivity index (χ1) is 9.07. The molecule has 1 unspecified atom stereocenters. The normalized spacial score (nSPS) is 14.4. The summed E-state index contributed by atoms with van der Waals surface area (Å²) in [6, 6.07) is 3.02. The van der Waals surface area contributed by atoms with E-state index in [1.165, 1.54) is 0 Å². The van der Waals surface area contributed by atoms with E-state index in [1.807, 2.05) is 0 Å². The van der Waals surface area contributed by atoms with E-state index in [0.29, 0.717) is 0 Å². The molecule has 1 aromatic rings. The number of carboxylic acids is 1. The van der Waals surface area contributed by atoms with Crippen LogP contribution in [0, 0.1) is 5.82 Å². The van der Waals surface area contributed by atoms with E-state index in [4.69, 9.17) is 5.11 Å². The number of aliphatic hydroxyl groups is 1. The van der Waals surface area contributed by atoms with Gasteiger partial charge in [-0.2, -0.15) is 8.78 Å². The SMILES string of the molecule is CC(O)(CNC(=O)C(F)(F)c1ccc(F)cc1)C(=O)O. The number of carboxylic acid groups (broad SMARTS) is 1. The van der Waals surface area contributed by atoms with Gasteiger partial charge in [0.2, 0.25) is 0 Å². The van der Waals surface area contributed by atoms with Gasteiger partial charge in [-0.3, -0.25) is 4.79 Å². The Morgan fingerprint density at radius 2 is 1.75 bits per heavy atom. The Bertz CT molecular complexity index is 514. The van der Waals surface area contributed by atoms with E-state index in [9.17, 15) is 27.9 Å². The average molecular weight is 291 g/mol. The molecule has 110 valence electrons. The van der Waals surface area contributed by atoms with Crippen molar-refractivity contribution in [2.45, 2.75) is 18.4 Å². The quantitative estimate of drug-likeness (QED) is 0.751. The number of alkyl halides is 2. The molecule has 0 aliphatic rings. The smallest absolute Gasteiger partial charge is 0.349 e. The number of carbonyl (C=O) groups excluding carboxylic acids is 1. The number of hydrogen-bond donors (Lipinski definition) is 3. The monoisotopic (exact) mass is 291 g/mol. The maximum atomic E-state index is 13.7. The van der Waals surface area contributed by atoms with Crippen molar-refractivity contribution in [1.82, 2.24) is 5.32 Å². The van der Waals surface area contributed by atoms with E-state index in [1.54, 1.807) is 5.32 Å². The number of halogens is 3. The lowest BCUT2D eigenvalue weighted by atomic mass is 10.1. The van der Waals surface area contributed by atoms with E-state index in [2.05, 4.69) is 0 Å². The van der Waals surface area contributed by atoms with Gasteiger partial charge in [-0.05, 0) is 31.2 Å². The Morgan fingerprint density at radius 3 is 2.20 bits per heavy atom. The summed E-state index contributed by atoms with van der Waals surface area (Å²) in [4.78, 5) is 21.9. The van der Waals surface area contributed by atoms with Crippen molar-refractivity contribution >= 4 is 11.9 Å². The van der Waals surface area contributed by atoms with Gasteiger partial charge in [-0.15, -0.1) is 0 Å². The van der Waals surface area contributed by atoms with Crippen LogP contribution in [0.5, 0.6) is 0 Å². The molecule has 5 nitrogen and oxygen atoms in total. The number of nitrogens with one attached hydrogen (secondary N) is 1. The fraction of sp³-hybridized carbons (Fsp3) is 0.333. The summed E-state index contributed by atoms with van der Waals surface area (Å²) in [5.41, 5.74) is -3.11. The van der Waals surface area contributed by atoms with Gasteiger partial charge in [0.25, 0.3) is 5.91 Å². The second kappa shape index (κ2) is 5.49. The number of rotatable bonds is 5. The first kappa shape index (κ1) is 16.0. The highest BCUT2D eigenvalue weighted by Gasteiger charge is 2.42. The van der Waals surface area contributed by atoms with Crippen molar-refractivity contribution in [2.24, 2.45) is 0 Å². The van der Waals surface area contributed by atoms with Crippen molar-refractivity contribution < 1.29 is 33.0 Å². The van der Waals surface area contributed by atoms with Gasteiger partial charge in [0.05, 0.1) is 6.54 Å².